The number of hydrogen-bond donors (Lipinski definition) is 1. The molecule has 1 heterocycles. The molecule has 3 rings (SSSR count). The van der Waals surface area contributed by atoms with Gasteiger partial charge < -0.3 is 10.2 Å². The normalized spacial score (nSPS) is 22.0. The van der Waals surface area contributed by atoms with Gasteiger partial charge in [0.25, 0.3) is 5.91 Å². The molecule has 1 aromatic carbocycles. The van der Waals surface area contributed by atoms with E-state index in [0.29, 0.717) is 5.56 Å². The quantitative estimate of drug-likeness (QED) is 0.554. The van der Waals surface area contributed by atoms with Crippen LogP contribution in [0.2, 0.25) is 0 Å². The van der Waals surface area contributed by atoms with Gasteiger partial charge in [-0.15, -0.1) is 0 Å². The Kier molecular flexibility index (Phi) is 6.31. The third kappa shape index (κ3) is 4.47. The molecule has 0 radical (unpaired) electrons. The first-order valence-corrected chi connectivity index (χ1v) is 10.8. The molecule has 156 valence electrons. The van der Waals surface area contributed by atoms with Crippen molar-refractivity contribution in [3.05, 3.63) is 34.6 Å². The highest BCUT2D eigenvalue weighted by Gasteiger charge is 2.36. The topological polar surface area (TPSA) is 56.1 Å². The van der Waals surface area contributed by atoms with Crippen LogP contribution in [-0.4, -0.2) is 24.0 Å². The molecule has 1 atom stereocenters. The van der Waals surface area contributed by atoms with E-state index in [1.165, 1.54) is 12.5 Å². The lowest BCUT2D eigenvalue weighted by atomic mass is 9.79. The second-order valence-corrected chi connectivity index (χ2v) is 9.07. The lowest BCUT2D eigenvalue weighted by Crippen LogP contribution is -2.48. The number of fused-ring (bicyclic) bond motifs is 1. The first kappa shape index (κ1) is 21.4. The van der Waals surface area contributed by atoms with E-state index in [1.54, 1.807) is 6.07 Å². The van der Waals surface area contributed by atoms with Gasteiger partial charge in [0.05, 0.1) is 0 Å². The van der Waals surface area contributed by atoms with Crippen molar-refractivity contribution in [3.8, 4) is 6.07 Å². The Morgan fingerprint density at radius 3 is 2.66 bits per heavy atom. The smallest absolute Gasteiger partial charge is 0.262 e. The molecule has 4 nitrogen and oxygen atoms in total. The number of nitriles is 1. The number of nitrogens with one attached hydrogen (secondary N) is 1. The summed E-state index contributed by atoms with van der Waals surface area (Å²) in [5, 5.41) is 12.5. The van der Waals surface area contributed by atoms with Crippen LogP contribution in [0, 0.1) is 17.1 Å². The monoisotopic (exact) mass is 397 g/mol. The minimum Gasteiger partial charge on any atom is -0.366 e. The second-order valence-electron chi connectivity index (χ2n) is 9.07. The summed E-state index contributed by atoms with van der Waals surface area (Å²) in [4.78, 5) is 14.8. The fourth-order valence-electron chi connectivity index (χ4n) is 5.04. The van der Waals surface area contributed by atoms with Crippen LogP contribution >= 0.6 is 0 Å². The standard InChI is InChI=1S/C24H32FN3O/c1-5-28-22-13-21(25)17(12-20(22)16(2)14-24(28,3)4)11-18(15-26)23(29)27-19-9-7-6-8-10-19/h11-13,16,19H,5-10,14H2,1-4H3,(H,27,29)/b18-11+. The Morgan fingerprint density at radius 1 is 1.34 bits per heavy atom. The number of anilines is 1. The number of halogens is 1. The van der Waals surface area contributed by atoms with Crippen LogP contribution < -0.4 is 10.2 Å². The second kappa shape index (κ2) is 8.57. The maximum absolute atomic E-state index is 15.0. The number of nitrogens with zero attached hydrogens (tertiary/aromatic N) is 2. The highest BCUT2D eigenvalue weighted by atomic mass is 19.1. The molecule has 1 aromatic rings. The van der Waals surface area contributed by atoms with Gasteiger partial charge in [-0.2, -0.15) is 5.26 Å². The average molecular weight is 398 g/mol. The minimum absolute atomic E-state index is 0.0365. The lowest BCUT2D eigenvalue weighted by Gasteiger charge is -2.47. The van der Waals surface area contributed by atoms with E-state index in [0.717, 1.165) is 49.9 Å². The Labute approximate surface area is 173 Å². The Bertz CT molecular complexity index is 846. The zero-order chi connectivity index (χ0) is 21.2. The molecule has 1 aliphatic carbocycles. The lowest BCUT2D eigenvalue weighted by molar-refractivity contribution is -0.117. The third-order valence-electron chi connectivity index (χ3n) is 6.43. The maximum atomic E-state index is 15.0. The molecule has 1 amide bonds. The predicted molar refractivity (Wildman–Crippen MR) is 115 cm³/mol. The van der Waals surface area contributed by atoms with Gasteiger partial charge in [-0.3, -0.25) is 4.79 Å². The van der Waals surface area contributed by atoms with Crippen molar-refractivity contribution < 1.29 is 9.18 Å². The van der Waals surface area contributed by atoms with Crippen LogP contribution in [0.25, 0.3) is 6.08 Å². The minimum atomic E-state index is -0.402. The zero-order valence-corrected chi connectivity index (χ0v) is 18.0. The van der Waals surface area contributed by atoms with Crippen molar-refractivity contribution in [2.75, 3.05) is 11.4 Å². The highest BCUT2D eigenvalue weighted by molar-refractivity contribution is 6.02. The molecular formula is C24H32FN3O. The summed E-state index contributed by atoms with van der Waals surface area (Å²) in [7, 11) is 0. The molecule has 2 aliphatic rings. The molecule has 1 aliphatic heterocycles. The molecular weight excluding hydrogens is 365 g/mol. The van der Waals surface area contributed by atoms with Crippen LogP contribution in [0.1, 0.15) is 83.3 Å². The van der Waals surface area contributed by atoms with Crippen LogP contribution in [0.5, 0.6) is 0 Å². The molecule has 0 saturated heterocycles. The maximum Gasteiger partial charge on any atom is 0.262 e. The third-order valence-corrected chi connectivity index (χ3v) is 6.43. The van der Waals surface area contributed by atoms with Gasteiger partial charge in [0.2, 0.25) is 0 Å². The first-order chi connectivity index (χ1) is 13.8. The van der Waals surface area contributed by atoms with E-state index in [1.807, 2.05) is 12.1 Å². The molecule has 1 unspecified atom stereocenters. The number of hydrogen-bond acceptors (Lipinski definition) is 3. The van der Waals surface area contributed by atoms with Gasteiger partial charge in [0.15, 0.2) is 0 Å². The van der Waals surface area contributed by atoms with Gasteiger partial charge in [-0.25, -0.2) is 4.39 Å². The average Bonchev–Trinajstić information content (AvgIpc) is 2.67. The van der Waals surface area contributed by atoms with E-state index in [4.69, 9.17) is 0 Å². The predicted octanol–water partition coefficient (Wildman–Crippen LogP) is 5.29. The summed E-state index contributed by atoms with van der Waals surface area (Å²) in [5.74, 6) is -0.525. The van der Waals surface area contributed by atoms with E-state index >= 15 is 0 Å². The van der Waals surface area contributed by atoms with Crippen LogP contribution in [0.4, 0.5) is 10.1 Å². The number of benzene rings is 1. The fraction of sp³-hybridized carbons (Fsp3) is 0.583. The van der Waals surface area contributed by atoms with Crippen LogP contribution in [0.15, 0.2) is 17.7 Å². The molecule has 1 saturated carbocycles. The SMILES string of the molecule is CCN1c2cc(F)c(/C=C(\C#N)C(=O)NC3CCCCC3)cc2C(C)CC1(C)C. The van der Waals surface area contributed by atoms with E-state index < -0.39 is 11.7 Å². The van der Waals surface area contributed by atoms with Gasteiger partial charge in [0, 0.05) is 29.4 Å². The number of carbonyl (C=O) groups excluding carboxylic acids is 1. The molecule has 5 heteroatoms. The molecule has 1 N–H and O–H groups in total. The molecule has 0 spiro atoms. The molecule has 1 fully saturated rings. The summed E-state index contributed by atoms with van der Waals surface area (Å²) in [6.07, 6.45) is 7.63. The van der Waals surface area contributed by atoms with Gasteiger partial charge in [-0.05, 0) is 69.7 Å². The molecule has 0 bridgehead atoms. The first-order valence-electron chi connectivity index (χ1n) is 10.8. The van der Waals surface area contributed by atoms with E-state index in [9.17, 15) is 14.4 Å². The van der Waals surface area contributed by atoms with Crippen molar-refractivity contribution in [2.45, 2.75) is 83.7 Å². The number of carbonyl (C=O) groups is 1. The van der Waals surface area contributed by atoms with Crippen molar-refractivity contribution >= 4 is 17.7 Å². The summed E-state index contributed by atoms with van der Waals surface area (Å²) < 4.78 is 15.0. The van der Waals surface area contributed by atoms with Gasteiger partial charge in [-0.1, -0.05) is 26.2 Å². The summed E-state index contributed by atoms with van der Waals surface area (Å²) in [5.41, 5.74) is 2.22. The summed E-state index contributed by atoms with van der Waals surface area (Å²) in [6, 6.07) is 5.46. The van der Waals surface area contributed by atoms with Gasteiger partial charge in [0.1, 0.15) is 17.5 Å². The van der Waals surface area contributed by atoms with Crippen molar-refractivity contribution in [1.29, 1.82) is 5.26 Å². The van der Waals surface area contributed by atoms with Crippen molar-refractivity contribution in [1.82, 2.24) is 5.32 Å². The Hall–Kier alpha value is -2.35. The van der Waals surface area contributed by atoms with Crippen molar-refractivity contribution in [3.63, 3.8) is 0 Å². The van der Waals surface area contributed by atoms with Crippen molar-refractivity contribution in [2.24, 2.45) is 0 Å². The zero-order valence-electron chi connectivity index (χ0n) is 18.0. The molecule has 0 aromatic heterocycles. The van der Waals surface area contributed by atoms with E-state index in [-0.39, 0.29) is 23.1 Å². The van der Waals surface area contributed by atoms with Crippen LogP contribution in [0.3, 0.4) is 0 Å². The van der Waals surface area contributed by atoms with Crippen LogP contribution in [-0.2, 0) is 4.79 Å². The highest BCUT2D eigenvalue weighted by Crippen LogP contribution is 2.44. The fourth-order valence-corrected chi connectivity index (χ4v) is 5.04. The summed E-state index contributed by atoms with van der Waals surface area (Å²) in [6.45, 7) is 9.40. The largest absolute Gasteiger partial charge is 0.366 e. The van der Waals surface area contributed by atoms with E-state index in [2.05, 4.69) is 37.9 Å². The Morgan fingerprint density at radius 2 is 2.03 bits per heavy atom. The summed E-state index contributed by atoms with van der Waals surface area (Å²) >= 11 is 0. The molecule has 29 heavy (non-hydrogen) atoms. The Balaban J connectivity index is 1.91. The number of rotatable bonds is 4. The van der Waals surface area contributed by atoms with Gasteiger partial charge >= 0.3 is 0 Å². The number of amides is 1.